The molecule has 3 rings (SSSR count). The van der Waals surface area contributed by atoms with Crippen molar-refractivity contribution in [3.8, 4) is 11.5 Å². The van der Waals surface area contributed by atoms with Gasteiger partial charge >= 0.3 is 6.03 Å². The quantitative estimate of drug-likeness (QED) is 0.853. The van der Waals surface area contributed by atoms with Crippen LogP contribution in [0.3, 0.4) is 0 Å². The molecule has 2 saturated heterocycles. The fraction of sp³-hybridized carbons (Fsp3) is 0.632. The van der Waals surface area contributed by atoms with Gasteiger partial charge in [-0.05, 0) is 37.8 Å². The van der Waals surface area contributed by atoms with Gasteiger partial charge in [0, 0.05) is 19.7 Å². The van der Waals surface area contributed by atoms with Crippen LogP contribution in [0.2, 0.25) is 0 Å². The maximum atomic E-state index is 12.6. The summed E-state index contributed by atoms with van der Waals surface area (Å²) in [5.74, 6) is 1.36. The molecular formula is C19H28N2O5. The third-order valence-corrected chi connectivity index (χ3v) is 5.46. The molecule has 1 atom stereocenters. The number of piperidine rings is 1. The van der Waals surface area contributed by atoms with Gasteiger partial charge in [-0.2, -0.15) is 0 Å². The third kappa shape index (κ3) is 3.73. The van der Waals surface area contributed by atoms with Crippen LogP contribution in [0.15, 0.2) is 18.2 Å². The van der Waals surface area contributed by atoms with Gasteiger partial charge in [0.15, 0.2) is 0 Å². The lowest BCUT2D eigenvalue weighted by Crippen LogP contribution is -2.57. The van der Waals surface area contributed by atoms with Crippen LogP contribution in [0, 0.1) is 0 Å². The standard InChI is InChI=1S/C19H28N2O5/c1-24-15-5-3-6-16(25-2)14(15)13-20-18(23)21-10-8-19(9-11-21)17(22)7-4-12-26-19/h3,5-6,17,22H,4,7-13H2,1-2H3,(H,20,23). The van der Waals surface area contributed by atoms with Crippen molar-refractivity contribution in [3.63, 3.8) is 0 Å². The molecule has 2 heterocycles. The van der Waals surface area contributed by atoms with Crippen LogP contribution in [-0.2, 0) is 11.3 Å². The van der Waals surface area contributed by atoms with Gasteiger partial charge in [-0.15, -0.1) is 0 Å². The minimum atomic E-state index is -0.471. The van der Waals surface area contributed by atoms with Gasteiger partial charge in [-0.1, -0.05) is 6.07 Å². The minimum absolute atomic E-state index is 0.127. The summed E-state index contributed by atoms with van der Waals surface area (Å²) in [4.78, 5) is 14.3. The lowest BCUT2D eigenvalue weighted by Gasteiger charge is -2.46. The second-order valence-electron chi connectivity index (χ2n) is 6.86. The van der Waals surface area contributed by atoms with Crippen molar-refractivity contribution < 1.29 is 24.1 Å². The van der Waals surface area contributed by atoms with E-state index in [1.807, 2.05) is 18.2 Å². The Kier molecular flexibility index (Phi) is 5.88. The number of nitrogens with one attached hydrogen (secondary N) is 1. The van der Waals surface area contributed by atoms with E-state index in [0.717, 1.165) is 18.4 Å². The van der Waals surface area contributed by atoms with Crippen molar-refractivity contribution in [2.45, 2.75) is 43.9 Å². The highest BCUT2D eigenvalue weighted by atomic mass is 16.5. The summed E-state index contributed by atoms with van der Waals surface area (Å²) in [7, 11) is 3.19. The Hall–Kier alpha value is -1.99. The number of aliphatic hydroxyl groups is 1. The molecule has 2 N–H and O–H groups in total. The first kappa shape index (κ1) is 18.8. The smallest absolute Gasteiger partial charge is 0.317 e. The second-order valence-corrected chi connectivity index (χ2v) is 6.86. The molecule has 144 valence electrons. The van der Waals surface area contributed by atoms with Gasteiger partial charge in [0.25, 0.3) is 0 Å². The Balaban J connectivity index is 1.57. The number of likely N-dealkylation sites (tertiary alicyclic amines) is 1. The van der Waals surface area contributed by atoms with Crippen molar-refractivity contribution >= 4 is 6.03 Å². The Morgan fingerprint density at radius 3 is 2.54 bits per heavy atom. The minimum Gasteiger partial charge on any atom is -0.496 e. The van der Waals surface area contributed by atoms with Gasteiger partial charge in [-0.3, -0.25) is 0 Å². The molecule has 1 aromatic rings. The van der Waals surface area contributed by atoms with E-state index in [1.54, 1.807) is 19.1 Å². The number of benzene rings is 1. The van der Waals surface area contributed by atoms with Gasteiger partial charge < -0.3 is 29.5 Å². The van der Waals surface area contributed by atoms with E-state index in [1.165, 1.54) is 0 Å². The van der Waals surface area contributed by atoms with Crippen LogP contribution in [0.4, 0.5) is 4.79 Å². The number of methoxy groups -OCH3 is 2. The number of carbonyl (C=O) groups excluding carboxylic acids is 1. The van der Waals surface area contributed by atoms with Crippen LogP contribution >= 0.6 is 0 Å². The number of carbonyl (C=O) groups is 1. The van der Waals surface area contributed by atoms with Crippen LogP contribution in [0.25, 0.3) is 0 Å². The maximum absolute atomic E-state index is 12.6. The molecule has 2 amide bonds. The molecule has 2 aliphatic heterocycles. The Morgan fingerprint density at radius 2 is 1.96 bits per heavy atom. The Morgan fingerprint density at radius 1 is 1.31 bits per heavy atom. The van der Waals surface area contributed by atoms with E-state index >= 15 is 0 Å². The largest absolute Gasteiger partial charge is 0.496 e. The van der Waals surface area contributed by atoms with Crippen LogP contribution < -0.4 is 14.8 Å². The topological polar surface area (TPSA) is 80.3 Å². The number of amides is 2. The van der Waals surface area contributed by atoms with Crippen molar-refractivity contribution in [1.82, 2.24) is 10.2 Å². The van der Waals surface area contributed by atoms with Crippen molar-refractivity contribution in [2.75, 3.05) is 33.9 Å². The molecule has 2 aliphatic rings. The molecule has 1 aromatic carbocycles. The van der Waals surface area contributed by atoms with E-state index in [9.17, 15) is 9.90 Å². The average Bonchev–Trinajstić information content (AvgIpc) is 2.68. The first-order valence-electron chi connectivity index (χ1n) is 9.14. The van der Waals surface area contributed by atoms with Crippen LogP contribution in [0.1, 0.15) is 31.2 Å². The molecule has 0 radical (unpaired) electrons. The zero-order valence-electron chi connectivity index (χ0n) is 15.5. The number of rotatable bonds is 4. The molecule has 7 nitrogen and oxygen atoms in total. The molecule has 0 aliphatic carbocycles. The molecule has 0 saturated carbocycles. The van der Waals surface area contributed by atoms with Crippen LogP contribution in [0.5, 0.6) is 11.5 Å². The molecule has 7 heteroatoms. The number of urea groups is 1. The van der Waals surface area contributed by atoms with Crippen molar-refractivity contribution in [2.24, 2.45) is 0 Å². The number of nitrogens with zero attached hydrogens (tertiary/aromatic N) is 1. The highest BCUT2D eigenvalue weighted by Crippen LogP contribution is 2.35. The summed E-state index contributed by atoms with van der Waals surface area (Å²) in [5, 5.41) is 13.2. The first-order valence-corrected chi connectivity index (χ1v) is 9.14. The number of hydrogen-bond acceptors (Lipinski definition) is 5. The van der Waals surface area contributed by atoms with Crippen LogP contribution in [-0.4, -0.2) is 61.7 Å². The predicted octanol–water partition coefficient (Wildman–Crippen LogP) is 1.92. The number of hydrogen-bond donors (Lipinski definition) is 2. The summed E-state index contributed by atoms with van der Waals surface area (Å²) in [5.41, 5.74) is 0.339. The second kappa shape index (κ2) is 8.14. The predicted molar refractivity (Wildman–Crippen MR) is 96.5 cm³/mol. The van der Waals surface area contributed by atoms with E-state index in [4.69, 9.17) is 14.2 Å². The highest BCUT2D eigenvalue weighted by molar-refractivity contribution is 5.74. The van der Waals surface area contributed by atoms with E-state index in [0.29, 0.717) is 50.6 Å². The van der Waals surface area contributed by atoms with Crippen molar-refractivity contribution in [3.05, 3.63) is 23.8 Å². The Labute approximate surface area is 154 Å². The zero-order valence-corrected chi connectivity index (χ0v) is 15.5. The van der Waals surface area contributed by atoms with Gasteiger partial charge in [0.1, 0.15) is 11.5 Å². The van der Waals surface area contributed by atoms with Gasteiger partial charge in [0.2, 0.25) is 0 Å². The fourth-order valence-electron chi connectivity index (χ4n) is 3.86. The lowest BCUT2D eigenvalue weighted by atomic mass is 9.82. The summed E-state index contributed by atoms with van der Waals surface area (Å²) in [6, 6.07) is 5.41. The van der Waals surface area contributed by atoms with E-state index in [2.05, 4.69) is 5.32 Å². The molecule has 0 aromatic heterocycles. The number of ether oxygens (including phenoxy) is 3. The maximum Gasteiger partial charge on any atom is 0.317 e. The van der Waals surface area contributed by atoms with Gasteiger partial charge in [0.05, 0.1) is 38.0 Å². The molecule has 26 heavy (non-hydrogen) atoms. The molecule has 2 fully saturated rings. The zero-order chi connectivity index (χ0) is 18.6. The summed E-state index contributed by atoms with van der Waals surface area (Å²) >= 11 is 0. The molecule has 1 spiro atoms. The normalized spacial score (nSPS) is 22.1. The summed E-state index contributed by atoms with van der Waals surface area (Å²) < 4.78 is 16.6. The lowest BCUT2D eigenvalue weighted by molar-refractivity contribution is -0.173. The van der Waals surface area contributed by atoms with Gasteiger partial charge in [-0.25, -0.2) is 4.79 Å². The monoisotopic (exact) mass is 364 g/mol. The third-order valence-electron chi connectivity index (χ3n) is 5.46. The molecule has 0 bridgehead atoms. The molecule has 1 unspecified atom stereocenters. The highest BCUT2D eigenvalue weighted by Gasteiger charge is 2.44. The van der Waals surface area contributed by atoms with E-state index in [-0.39, 0.29) is 6.03 Å². The Bertz CT molecular complexity index is 606. The average molecular weight is 364 g/mol. The SMILES string of the molecule is COc1cccc(OC)c1CNC(=O)N1CCC2(CC1)OCCCC2O. The van der Waals surface area contributed by atoms with E-state index < -0.39 is 11.7 Å². The van der Waals surface area contributed by atoms with Crippen molar-refractivity contribution in [1.29, 1.82) is 0 Å². The summed E-state index contributed by atoms with van der Waals surface area (Å²) in [6.07, 6.45) is 2.58. The number of aliphatic hydroxyl groups excluding tert-OH is 1. The summed E-state index contributed by atoms with van der Waals surface area (Å²) in [6.45, 7) is 2.17. The molecular weight excluding hydrogens is 336 g/mol. The first-order chi connectivity index (χ1) is 12.6. The fourth-order valence-corrected chi connectivity index (χ4v) is 3.86.